The van der Waals surface area contributed by atoms with Crippen molar-refractivity contribution in [3.05, 3.63) is 68.9 Å². The second-order valence-corrected chi connectivity index (χ2v) is 7.20. The third-order valence-electron chi connectivity index (χ3n) is 4.43. The van der Waals surface area contributed by atoms with Crippen molar-refractivity contribution in [3.63, 3.8) is 0 Å². The standard InChI is InChI=1S/C20H15Cl2N3O4/c1-11(20(27)23-16-4-3-13(21)9-14(16)22)25-19(26)7-5-15(24-25)12-2-6-17-18(8-12)29-10-28-17/h2-9,11H,10H2,1H3,(H,23,27). The number of hydrogen-bond acceptors (Lipinski definition) is 5. The van der Waals surface area contributed by atoms with Crippen molar-refractivity contribution < 1.29 is 14.3 Å². The molecule has 2 heterocycles. The Morgan fingerprint density at radius 1 is 1.10 bits per heavy atom. The molecule has 2 aromatic carbocycles. The van der Waals surface area contributed by atoms with Gasteiger partial charge in [-0.3, -0.25) is 9.59 Å². The normalized spacial score (nSPS) is 13.2. The van der Waals surface area contributed by atoms with Gasteiger partial charge in [-0.2, -0.15) is 5.10 Å². The van der Waals surface area contributed by atoms with Crippen molar-refractivity contribution in [3.8, 4) is 22.8 Å². The Kier molecular flexibility index (Phi) is 5.17. The molecule has 0 bridgehead atoms. The predicted molar refractivity (Wildman–Crippen MR) is 110 cm³/mol. The van der Waals surface area contributed by atoms with Crippen molar-refractivity contribution in [1.29, 1.82) is 0 Å². The Labute approximate surface area is 175 Å². The first kappa shape index (κ1) is 19.3. The van der Waals surface area contributed by atoms with E-state index in [-0.39, 0.29) is 6.79 Å². The molecular weight excluding hydrogens is 417 g/mol. The molecule has 148 valence electrons. The van der Waals surface area contributed by atoms with Gasteiger partial charge in [-0.25, -0.2) is 4.68 Å². The second kappa shape index (κ2) is 7.77. The maximum Gasteiger partial charge on any atom is 0.267 e. The summed E-state index contributed by atoms with van der Waals surface area (Å²) in [5, 5.41) is 7.80. The van der Waals surface area contributed by atoms with Crippen LogP contribution in [0.2, 0.25) is 10.0 Å². The van der Waals surface area contributed by atoms with Gasteiger partial charge in [-0.15, -0.1) is 0 Å². The first-order chi connectivity index (χ1) is 13.9. The summed E-state index contributed by atoms with van der Waals surface area (Å²) in [6.07, 6.45) is 0. The number of carbonyl (C=O) groups excluding carboxylic acids is 1. The number of rotatable bonds is 4. The fourth-order valence-electron chi connectivity index (χ4n) is 2.85. The van der Waals surface area contributed by atoms with Gasteiger partial charge in [-0.05, 0) is 49.4 Å². The van der Waals surface area contributed by atoms with E-state index in [4.69, 9.17) is 32.7 Å². The molecule has 0 fully saturated rings. The quantitative estimate of drug-likeness (QED) is 0.670. The summed E-state index contributed by atoms with van der Waals surface area (Å²) in [6, 6.07) is 12.2. The minimum Gasteiger partial charge on any atom is -0.454 e. The number of carbonyl (C=O) groups is 1. The predicted octanol–water partition coefficient (Wildman–Crippen LogP) is 4.15. The molecule has 4 rings (SSSR count). The molecular formula is C20H15Cl2N3O4. The van der Waals surface area contributed by atoms with Crippen molar-refractivity contribution in [2.45, 2.75) is 13.0 Å². The van der Waals surface area contributed by atoms with E-state index in [1.807, 2.05) is 6.07 Å². The number of hydrogen-bond donors (Lipinski definition) is 1. The SMILES string of the molecule is CC(C(=O)Nc1ccc(Cl)cc1Cl)n1nc(-c2ccc3c(c2)OCO3)ccc1=O. The average Bonchev–Trinajstić information content (AvgIpc) is 3.17. The lowest BCUT2D eigenvalue weighted by atomic mass is 10.1. The highest BCUT2D eigenvalue weighted by Gasteiger charge is 2.20. The van der Waals surface area contributed by atoms with Crippen LogP contribution < -0.4 is 20.3 Å². The van der Waals surface area contributed by atoms with Crippen LogP contribution in [0.15, 0.2) is 53.3 Å². The van der Waals surface area contributed by atoms with Gasteiger partial charge in [0.15, 0.2) is 11.5 Å². The summed E-state index contributed by atoms with van der Waals surface area (Å²) in [4.78, 5) is 25.0. The van der Waals surface area contributed by atoms with Gasteiger partial charge < -0.3 is 14.8 Å². The number of amides is 1. The van der Waals surface area contributed by atoms with Crippen molar-refractivity contribution in [1.82, 2.24) is 9.78 Å². The van der Waals surface area contributed by atoms with E-state index in [1.165, 1.54) is 12.1 Å². The molecule has 3 aromatic rings. The largest absolute Gasteiger partial charge is 0.454 e. The molecule has 1 aliphatic heterocycles. The number of halogens is 2. The minimum absolute atomic E-state index is 0.163. The summed E-state index contributed by atoms with van der Waals surface area (Å²) >= 11 is 12.0. The maximum atomic E-state index is 12.7. The molecule has 1 aliphatic rings. The van der Waals surface area contributed by atoms with Crippen LogP contribution in [0.1, 0.15) is 13.0 Å². The van der Waals surface area contributed by atoms with Gasteiger partial charge in [-0.1, -0.05) is 23.2 Å². The lowest BCUT2D eigenvalue weighted by Crippen LogP contribution is -2.33. The van der Waals surface area contributed by atoms with E-state index in [2.05, 4.69) is 10.4 Å². The van der Waals surface area contributed by atoms with Crippen LogP contribution in [-0.2, 0) is 4.79 Å². The summed E-state index contributed by atoms with van der Waals surface area (Å²) < 4.78 is 11.8. The highest BCUT2D eigenvalue weighted by molar-refractivity contribution is 6.36. The number of aromatic nitrogens is 2. The Morgan fingerprint density at radius 2 is 1.90 bits per heavy atom. The minimum atomic E-state index is -0.872. The molecule has 9 heteroatoms. The number of fused-ring (bicyclic) bond motifs is 1. The highest BCUT2D eigenvalue weighted by Crippen LogP contribution is 2.35. The Morgan fingerprint density at radius 3 is 2.69 bits per heavy atom. The average molecular weight is 432 g/mol. The van der Waals surface area contributed by atoms with E-state index in [1.54, 1.807) is 37.3 Å². The Bertz CT molecular complexity index is 1160. The maximum absolute atomic E-state index is 12.7. The van der Waals surface area contributed by atoms with Gasteiger partial charge in [0.1, 0.15) is 6.04 Å². The second-order valence-electron chi connectivity index (χ2n) is 6.36. The number of anilines is 1. The first-order valence-electron chi connectivity index (χ1n) is 8.68. The van der Waals surface area contributed by atoms with Gasteiger partial charge in [0.05, 0.1) is 16.4 Å². The van der Waals surface area contributed by atoms with Crippen molar-refractivity contribution >= 4 is 34.8 Å². The Balaban J connectivity index is 1.61. The molecule has 1 aromatic heterocycles. The number of nitrogens with zero attached hydrogens (tertiary/aromatic N) is 2. The van der Waals surface area contributed by atoms with Gasteiger partial charge >= 0.3 is 0 Å². The molecule has 0 aliphatic carbocycles. The molecule has 0 spiro atoms. The molecule has 1 amide bonds. The van der Waals surface area contributed by atoms with E-state index in [9.17, 15) is 9.59 Å². The van der Waals surface area contributed by atoms with Crippen LogP contribution >= 0.6 is 23.2 Å². The Hall–Kier alpha value is -3.03. The summed E-state index contributed by atoms with van der Waals surface area (Å²) in [5.74, 6) is 0.812. The van der Waals surface area contributed by atoms with Crippen LogP contribution in [0.4, 0.5) is 5.69 Å². The van der Waals surface area contributed by atoms with Crippen LogP contribution in [0.25, 0.3) is 11.3 Å². The van der Waals surface area contributed by atoms with E-state index < -0.39 is 17.5 Å². The zero-order chi connectivity index (χ0) is 20.5. The number of nitrogens with one attached hydrogen (secondary N) is 1. The molecule has 0 radical (unpaired) electrons. The molecule has 1 unspecified atom stereocenters. The lowest BCUT2D eigenvalue weighted by molar-refractivity contribution is -0.119. The summed E-state index contributed by atoms with van der Waals surface area (Å²) in [5.41, 5.74) is 1.25. The zero-order valence-electron chi connectivity index (χ0n) is 15.2. The van der Waals surface area contributed by atoms with Gasteiger partial charge in [0, 0.05) is 16.7 Å². The molecule has 1 N–H and O–H groups in total. The number of benzene rings is 2. The monoisotopic (exact) mass is 431 g/mol. The van der Waals surface area contributed by atoms with E-state index in [0.29, 0.717) is 32.9 Å². The van der Waals surface area contributed by atoms with Crippen molar-refractivity contribution in [2.75, 3.05) is 12.1 Å². The number of ether oxygens (including phenoxy) is 2. The highest BCUT2D eigenvalue weighted by atomic mass is 35.5. The molecule has 0 saturated carbocycles. The van der Waals surface area contributed by atoms with Crippen LogP contribution in [0.5, 0.6) is 11.5 Å². The first-order valence-corrected chi connectivity index (χ1v) is 9.44. The lowest BCUT2D eigenvalue weighted by Gasteiger charge is -2.16. The van der Waals surface area contributed by atoms with E-state index >= 15 is 0 Å². The topological polar surface area (TPSA) is 82.5 Å². The summed E-state index contributed by atoms with van der Waals surface area (Å²) in [6.45, 7) is 1.74. The smallest absolute Gasteiger partial charge is 0.267 e. The zero-order valence-corrected chi connectivity index (χ0v) is 16.7. The van der Waals surface area contributed by atoms with Crippen molar-refractivity contribution in [2.24, 2.45) is 0 Å². The molecule has 29 heavy (non-hydrogen) atoms. The van der Waals surface area contributed by atoms with Crippen LogP contribution in [0, 0.1) is 0 Å². The van der Waals surface area contributed by atoms with Gasteiger partial charge in [0.25, 0.3) is 5.56 Å². The van der Waals surface area contributed by atoms with Crippen LogP contribution in [-0.4, -0.2) is 22.5 Å². The van der Waals surface area contributed by atoms with Crippen LogP contribution in [0.3, 0.4) is 0 Å². The third-order valence-corrected chi connectivity index (χ3v) is 4.98. The third kappa shape index (κ3) is 3.92. The molecule has 7 nitrogen and oxygen atoms in total. The van der Waals surface area contributed by atoms with E-state index in [0.717, 1.165) is 10.2 Å². The fourth-order valence-corrected chi connectivity index (χ4v) is 3.31. The fraction of sp³-hybridized carbons (Fsp3) is 0.150. The summed E-state index contributed by atoms with van der Waals surface area (Å²) in [7, 11) is 0. The van der Waals surface area contributed by atoms with Gasteiger partial charge in [0.2, 0.25) is 12.7 Å². The molecule has 0 saturated heterocycles. The molecule has 1 atom stereocenters.